The molecule has 7 heteroatoms. The maximum absolute atomic E-state index is 12.6. The first-order valence-electron chi connectivity index (χ1n) is 6.55. The molecule has 0 aliphatic carbocycles. The molecule has 2 atom stereocenters. The van der Waals surface area contributed by atoms with E-state index < -0.39 is 6.61 Å². The molecule has 0 radical (unpaired) electrons. The fourth-order valence-corrected chi connectivity index (χ4v) is 2.38. The molecule has 1 amide bonds. The number of carbonyl (C=O) groups excluding carboxylic acids is 1. The van der Waals surface area contributed by atoms with Crippen LogP contribution in [-0.4, -0.2) is 48.6 Å². The molecule has 1 heterocycles. The number of halogens is 3. The van der Waals surface area contributed by atoms with Crippen molar-refractivity contribution in [3.05, 3.63) is 29.8 Å². The second-order valence-electron chi connectivity index (χ2n) is 4.79. The van der Waals surface area contributed by atoms with E-state index in [1.54, 1.807) is 17.0 Å². The molecular weight excluding hydrogens is 304 g/mol. The second kappa shape index (κ2) is 7.04. The Morgan fingerprint density at radius 2 is 2.24 bits per heavy atom. The second-order valence-corrected chi connectivity index (χ2v) is 5.10. The van der Waals surface area contributed by atoms with Gasteiger partial charge in [0.2, 0.25) is 0 Å². The lowest BCUT2D eigenvalue weighted by Crippen LogP contribution is -2.51. The summed E-state index contributed by atoms with van der Waals surface area (Å²) < 4.78 is 34.7. The smallest absolute Gasteiger partial charge is 0.387 e. The van der Waals surface area contributed by atoms with Crippen LogP contribution >= 0.6 is 11.6 Å². The van der Waals surface area contributed by atoms with Gasteiger partial charge < -0.3 is 14.4 Å². The van der Waals surface area contributed by atoms with Gasteiger partial charge in [-0.3, -0.25) is 4.79 Å². The van der Waals surface area contributed by atoms with E-state index in [1.165, 1.54) is 12.1 Å². The number of para-hydroxylation sites is 1. The third-order valence-corrected chi connectivity index (χ3v) is 3.62. The van der Waals surface area contributed by atoms with Crippen molar-refractivity contribution in [1.29, 1.82) is 0 Å². The lowest BCUT2D eigenvalue weighted by molar-refractivity contribution is -0.0515. The molecule has 1 aliphatic heterocycles. The molecule has 2 rings (SSSR count). The third-order valence-electron chi connectivity index (χ3n) is 3.27. The maximum Gasteiger partial charge on any atom is 0.387 e. The van der Waals surface area contributed by atoms with Crippen LogP contribution in [0.25, 0.3) is 0 Å². The van der Waals surface area contributed by atoms with Gasteiger partial charge in [0.1, 0.15) is 5.75 Å². The first kappa shape index (κ1) is 16.0. The molecule has 1 saturated heterocycles. The molecule has 1 aromatic rings. The fraction of sp³-hybridized carbons (Fsp3) is 0.500. The van der Waals surface area contributed by atoms with Gasteiger partial charge in [-0.15, -0.1) is 11.6 Å². The number of alkyl halides is 3. The molecule has 4 nitrogen and oxygen atoms in total. The average Bonchev–Trinajstić information content (AvgIpc) is 2.47. The third kappa shape index (κ3) is 3.83. The van der Waals surface area contributed by atoms with Crippen molar-refractivity contribution in [1.82, 2.24) is 4.90 Å². The summed E-state index contributed by atoms with van der Waals surface area (Å²) in [4.78, 5) is 14.1. The van der Waals surface area contributed by atoms with Gasteiger partial charge >= 0.3 is 6.61 Å². The summed E-state index contributed by atoms with van der Waals surface area (Å²) in [6, 6.07) is 5.81. The topological polar surface area (TPSA) is 38.8 Å². The standard InChI is InChI=1S/C14H16ClF2NO3/c1-9-8-20-10(6-15)7-18(9)13(19)11-4-2-3-5-12(11)21-14(16)17/h2-5,9-10,14H,6-8H2,1H3. The molecule has 1 aliphatic rings. The van der Waals surface area contributed by atoms with Gasteiger partial charge in [-0.05, 0) is 19.1 Å². The van der Waals surface area contributed by atoms with Gasteiger partial charge in [0.25, 0.3) is 5.91 Å². The van der Waals surface area contributed by atoms with Crippen molar-refractivity contribution in [2.24, 2.45) is 0 Å². The highest BCUT2D eigenvalue weighted by Crippen LogP contribution is 2.24. The Hall–Kier alpha value is -1.40. The molecule has 0 N–H and O–H groups in total. The van der Waals surface area contributed by atoms with Crippen LogP contribution in [0.2, 0.25) is 0 Å². The average molecular weight is 320 g/mol. The van der Waals surface area contributed by atoms with E-state index in [2.05, 4.69) is 4.74 Å². The van der Waals surface area contributed by atoms with Crippen molar-refractivity contribution in [2.45, 2.75) is 25.7 Å². The summed E-state index contributed by atoms with van der Waals surface area (Å²) in [6.45, 7) is -0.455. The monoisotopic (exact) mass is 319 g/mol. The van der Waals surface area contributed by atoms with Crippen molar-refractivity contribution < 1.29 is 23.0 Å². The van der Waals surface area contributed by atoms with Crippen LogP contribution in [0.5, 0.6) is 5.75 Å². The fourth-order valence-electron chi connectivity index (χ4n) is 2.19. The zero-order valence-electron chi connectivity index (χ0n) is 11.5. The molecule has 0 saturated carbocycles. The zero-order valence-corrected chi connectivity index (χ0v) is 12.2. The van der Waals surface area contributed by atoms with Gasteiger partial charge in [-0.2, -0.15) is 8.78 Å². The number of morpholine rings is 1. The van der Waals surface area contributed by atoms with Gasteiger partial charge in [-0.1, -0.05) is 12.1 Å². The van der Waals surface area contributed by atoms with Gasteiger partial charge in [-0.25, -0.2) is 0 Å². The number of nitrogens with zero attached hydrogens (tertiary/aromatic N) is 1. The molecule has 0 aromatic heterocycles. The van der Waals surface area contributed by atoms with Crippen LogP contribution in [0.1, 0.15) is 17.3 Å². The Kier molecular flexibility index (Phi) is 5.36. The first-order valence-corrected chi connectivity index (χ1v) is 7.08. The summed E-state index contributed by atoms with van der Waals surface area (Å²) in [5.41, 5.74) is 0.111. The van der Waals surface area contributed by atoms with E-state index >= 15 is 0 Å². The van der Waals surface area contributed by atoms with E-state index in [4.69, 9.17) is 16.3 Å². The normalized spacial score (nSPS) is 22.4. The Balaban J connectivity index is 2.22. The van der Waals surface area contributed by atoms with Crippen LogP contribution in [0.3, 0.4) is 0 Å². The molecule has 2 unspecified atom stereocenters. The predicted octanol–water partition coefficient (Wildman–Crippen LogP) is 2.76. The summed E-state index contributed by atoms with van der Waals surface area (Å²) in [7, 11) is 0. The number of hydrogen-bond acceptors (Lipinski definition) is 3. The zero-order chi connectivity index (χ0) is 15.4. The van der Waals surface area contributed by atoms with Crippen LogP contribution in [0, 0.1) is 0 Å². The summed E-state index contributed by atoms with van der Waals surface area (Å²) in [5, 5.41) is 0. The van der Waals surface area contributed by atoms with E-state index in [9.17, 15) is 13.6 Å². The maximum atomic E-state index is 12.6. The Morgan fingerprint density at radius 1 is 1.52 bits per heavy atom. The highest BCUT2D eigenvalue weighted by atomic mass is 35.5. The molecule has 0 spiro atoms. The van der Waals surface area contributed by atoms with Gasteiger partial charge in [0.15, 0.2) is 0 Å². The Bertz CT molecular complexity index is 501. The minimum Gasteiger partial charge on any atom is -0.434 e. The van der Waals surface area contributed by atoms with Crippen LogP contribution < -0.4 is 4.74 Å². The minimum atomic E-state index is -2.98. The van der Waals surface area contributed by atoms with Crippen LogP contribution in [-0.2, 0) is 4.74 Å². The molecule has 1 fully saturated rings. The number of ether oxygens (including phenoxy) is 2. The van der Waals surface area contributed by atoms with Crippen molar-refractivity contribution in [3.63, 3.8) is 0 Å². The van der Waals surface area contributed by atoms with Gasteiger partial charge in [0.05, 0.1) is 30.2 Å². The van der Waals surface area contributed by atoms with Crippen LogP contribution in [0.15, 0.2) is 24.3 Å². The van der Waals surface area contributed by atoms with Crippen molar-refractivity contribution in [3.8, 4) is 5.75 Å². The largest absolute Gasteiger partial charge is 0.434 e. The van der Waals surface area contributed by atoms with E-state index in [0.717, 1.165) is 0 Å². The lowest BCUT2D eigenvalue weighted by atomic mass is 10.1. The summed E-state index contributed by atoms with van der Waals surface area (Å²) >= 11 is 5.76. The molecule has 116 valence electrons. The van der Waals surface area contributed by atoms with Crippen molar-refractivity contribution in [2.75, 3.05) is 19.0 Å². The van der Waals surface area contributed by atoms with Crippen molar-refractivity contribution >= 4 is 17.5 Å². The van der Waals surface area contributed by atoms with Gasteiger partial charge in [0, 0.05) is 6.54 Å². The Morgan fingerprint density at radius 3 is 2.90 bits per heavy atom. The van der Waals surface area contributed by atoms with E-state index in [1.807, 2.05) is 6.92 Å². The number of carbonyl (C=O) groups is 1. The molecule has 0 bridgehead atoms. The number of amides is 1. The highest BCUT2D eigenvalue weighted by molar-refractivity contribution is 6.18. The SMILES string of the molecule is CC1COC(CCl)CN1C(=O)c1ccccc1OC(F)F. The van der Waals surface area contributed by atoms with E-state index in [-0.39, 0.29) is 35.2 Å². The summed E-state index contributed by atoms with van der Waals surface area (Å²) in [6.07, 6.45) is -0.255. The number of rotatable bonds is 4. The number of hydrogen-bond donors (Lipinski definition) is 0. The minimum absolute atomic E-state index is 0.111. The quantitative estimate of drug-likeness (QED) is 0.801. The molecule has 1 aromatic carbocycles. The molecule has 21 heavy (non-hydrogen) atoms. The highest BCUT2D eigenvalue weighted by Gasteiger charge is 2.31. The molecular formula is C14H16ClF2NO3. The lowest BCUT2D eigenvalue weighted by Gasteiger charge is -2.37. The predicted molar refractivity (Wildman–Crippen MR) is 74.0 cm³/mol. The van der Waals surface area contributed by atoms with E-state index in [0.29, 0.717) is 13.2 Å². The number of benzene rings is 1. The Labute approximate surface area is 126 Å². The summed E-state index contributed by atoms with van der Waals surface area (Å²) in [5.74, 6) is -0.220. The van der Waals surface area contributed by atoms with Crippen LogP contribution in [0.4, 0.5) is 8.78 Å². The first-order chi connectivity index (χ1) is 10.0.